The lowest BCUT2D eigenvalue weighted by Gasteiger charge is -2.45. The van der Waals surface area contributed by atoms with Gasteiger partial charge in [0.25, 0.3) is 5.91 Å². The fourth-order valence-corrected chi connectivity index (χ4v) is 4.76. The lowest BCUT2D eigenvalue weighted by atomic mass is 9.77. The minimum atomic E-state index is -0.743. The number of nitrogens with zero attached hydrogens (tertiary/aromatic N) is 2. The van der Waals surface area contributed by atoms with Gasteiger partial charge in [-0.05, 0) is 49.9 Å². The molecule has 3 aromatic rings. The van der Waals surface area contributed by atoms with Gasteiger partial charge in [0.1, 0.15) is 11.4 Å². The monoisotopic (exact) mass is 411 g/mol. The number of aliphatic imine (C=N–C) groups is 1. The second-order valence-electron chi connectivity index (χ2n) is 8.81. The number of hydrogen-bond acceptors (Lipinski definition) is 4. The van der Waals surface area contributed by atoms with Crippen molar-refractivity contribution in [1.29, 1.82) is 0 Å². The van der Waals surface area contributed by atoms with Crippen LogP contribution in [0, 0.1) is 0 Å². The Hall–Kier alpha value is -3.60. The molecule has 31 heavy (non-hydrogen) atoms. The van der Waals surface area contributed by atoms with E-state index in [1.54, 1.807) is 6.92 Å². The lowest BCUT2D eigenvalue weighted by molar-refractivity contribution is -0.112. The Balaban J connectivity index is 1.66. The van der Waals surface area contributed by atoms with Crippen LogP contribution in [-0.4, -0.2) is 24.9 Å². The molecule has 2 aliphatic heterocycles. The van der Waals surface area contributed by atoms with E-state index in [2.05, 4.69) is 48.8 Å². The number of fused-ring (bicyclic) bond motifs is 4. The van der Waals surface area contributed by atoms with Crippen LogP contribution in [-0.2, 0) is 10.2 Å². The van der Waals surface area contributed by atoms with Crippen LogP contribution in [0.4, 0.5) is 17.1 Å². The fraction of sp³-hybridized carbons (Fsp3) is 0.231. The molecule has 0 saturated heterocycles. The summed E-state index contributed by atoms with van der Waals surface area (Å²) in [6.07, 6.45) is 1.91. The van der Waals surface area contributed by atoms with Gasteiger partial charge in [0.05, 0.1) is 17.3 Å². The molecule has 1 amide bonds. The van der Waals surface area contributed by atoms with Gasteiger partial charge in [0.15, 0.2) is 0 Å². The molecule has 0 aromatic heterocycles. The van der Waals surface area contributed by atoms with E-state index in [9.17, 15) is 4.79 Å². The molecule has 0 radical (unpaired) electrons. The molecule has 0 saturated carbocycles. The number of rotatable bonds is 2. The van der Waals surface area contributed by atoms with Crippen molar-refractivity contribution in [2.75, 3.05) is 17.3 Å². The Morgan fingerprint density at radius 1 is 1.10 bits per heavy atom. The Labute approximate surface area is 182 Å². The van der Waals surface area contributed by atoms with Crippen molar-refractivity contribution in [3.8, 4) is 5.75 Å². The van der Waals surface area contributed by atoms with Gasteiger partial charge in [-0.25, -0.2) is 0 Å². The van der Waals surface area contributed by atoms with E-state index in [1.165, 1.54) is 5.56 Å². The average molecular weight is 412 g/mol. The third-order valence-corrected chi connectivity index (χ3v) is 6.58. The molecule has 0 fully saturated rings. The Bertz CT molecular complexity index is 1290. The van der Waals surface area contributed by atoms with Gasteiger partial charge in [-0.3, -0.25) is 9.79 Å². The summed E-state index contributed by atoms with van der Waals surface area (Å²) < 4.78 is 6.75. The number of carbonyl (C=O) groups is 1. The second kappa shape index (κ2) is 6.45. The quantitative estimate of drug-likeness (QED) is 0.561. The largest absolute Gasteiger partial charge is 0.459 e. The van der Waals surface area contributed by atoms with Gasteiger partial charge in [-0.2, -0.15) is 0 Å². The Morgan fingerprint density at radius 3 is 2.61 bits per heavy atom. The Morgan fingerprint density at radius 2 is 1.87 bits per heavy atom. The smallest absolute Gasteiger partial charge is 0.250 e. The highest BCUT2D eigenvalue weighted by molar-refractivity contribution is 6.13. The molecule has 1 spiro atoms. The van der Waals surface area contributed by atoms with Crippen molar-refractivity contribution >= 4 is 40.0 Å². The average Bonchev–Trinajstić information content (AvgIpc) is 2.92. The topological polar surface area (TPSA) is 53.9 Å². The highest BCUT2D eigenvalue weighted by Crippen LogP contribution is 2.54. The third-order valence-electron chi connectivity index (χ3n) is 6.58. The van der Waals surface area contributed by atoms with Gasteiger partial charge in [0.2, 0.25) is 5.72 Å². The number of carbonyl (C=O) groups excluding carboxylic acids is 1. The summed E-state index contributed by atoms with van der Waals surface area (Å²) in [5.41, 5.74) is 3.17. The van der Waals surface area contributed by atoms with E-state index in [1.807, 2.05) is 49.7 Å². The first-order valence-electron chi connectivity index (χ1n) is 10.4. The zero-order valence-corrected chi connectivity index (χ0v) is 18.2. The minimum Gasteiger partial charge on any atom is -0.459 e. The van der Waals surface area contributed by atoms with Gasteiger partial charge in [0, 0.05) is 23.7 Å². The standard InChI is InChI=1S/C26H25N3O2/c1-16(2)24(30)28-19-11-8-9-17-13-14-21-23(22(17)19)27-15-26(31-21)25(3,4)18-10-6-7-12-20(18)29(26)5/h6-15H,1H2,2-5H3,(H,28,30). The number of anilines is 2. The number of hydrogen-bond donors (Lipinski definition) is 1. The van der Waals surface area contributed by atoms with E-state index >= 15 is 0 Å². The molecule has 5 nitrogen and oxygen atoms in total. The van der Waals surface area contributed by atoms with Crippen LogP contribution in [0.15, 0.2) is 71.7 Å². The van der Waals surface area contributed by atoms with E-state index < -0.39 is 5.72 Å². The molecular formula is C26H25N3O2. The number of benzene rings is 3. The van der Waals surface area contributed by atoms with Crippen molar-refractivity contribution in [1.82, 2.24) is 0 Å². The summed E-state index contributed by atoms with van der Waals surface area (Å²) in [6.45, 7) is 9.80. The number of likely N-dealkylation sites (N-methyl/N-ethyl adjacent to an activating group) is 1. The Kier molecular flexibility index (Phi) is 4.03. The van der Waals surface area contributed by atoms with Crippen molar-refractivity contribution in [3.63, 3.8) is 0 Å². The highest BCUT2D eigenvalue weighted by atomic mass is 16.5. The predicted molar refractivity (Wildman–Crippen MR) is 127 cm³/mol. The van der Waals surface area contributed by atoms with Crippen LogP contribution in [0.1, 0.15) is 26.3 Å². The summed E-state index contributed by atoms with van der Waals surface area (Å²) in [5, 5.41) is 4.80. The predicted octanol–water partition coefficient (Wildman–Crippen LogP) is 5.57. The summed E-state index contributed by atoms with van der Waals surface area (Å²) in [6, 6.07) is 18.2. The second-order valence-corrected chi connectivity index (χ2v) is 8.81. The van der Waals surface area contributed by atoms with Crippen LogP contribution >= 0.6 is 0 Å². The van der Waals surface area contributed by atoms with E-state index in [-0.39, 0.29) is 11.3 Å². The number of nitrogens with one attached hydrogen (secondary N) is 1. The molecule has 2 heterocycles. The summed E-state index contributed by atoms with van der Waals surface area (Å²) in [7, 11) is 2.05. The van der Waals surface area contributed by atoms with Crippen LogP contribution in [0.25, 0.3) is 10.8 Å². The first-order chi connectivity index (χ1) is 14.8. The maximum Gasteiger partial charge on any atom is 0.250 e. The SMILES string of the molecule is C=C(C)C(=O)Nc1cccc2ccc3c(c12)N=CC1(O3)N(C)c2ccccc2C1(C)C. The highest BCUT2D eigenvalue weighted by Gasteiger charge is 2.58. The fourth-order valence-electron chi connectivity index (χ4n) is 4.76. The summed E-state index contributed by atoms with van der Waals surface area (Å²) >= 11 is 0. The zero-order valence-electron chi connectivity index (χ0n) is 18.2. The van der Waals surface area contributed by atoms with E-state index in [0.29, 0.717) is 17.0 Å². The van der Waals surface area contributed by atoms with Crippen molar-refractivity contribution in [3.05, 3.63) is 72.3 Å². The van der Waals surface area contributed by atoms with Gasteiger partial charge < -0.3 is 15.0 Å². The normalized spacial score (nSPS) is 20.3. The molecule has 2 aliphatic rings. The molecule has 5 rings (SSSR count). The van der Waals surface area contributed by atoms with Crippen molar-refractivity contribution in [2.45, 2.75) is 31.9 Å². The van der Waals surface area contributed by atoms with Crippen LogP contribution < -0.4 is 15.0 Å². The molecule has 1 atom stereocenters. The third kappa shape index (κ3) is 2.56. The summed E-state index contributed by atoms with van der Waals surface area (Å²) in [4.78, 5) is 19.4. The minimum absolute atomic E-state index is 0.214. The number of para-hydroxylation sites is 1. The molecule has 1 unspecified atom stereocenters. The van der Waals surface area contributed by atoms with Crippen LogP contribution in [0.2, 0.25) is 0 Å². The molecule has 5 heteroatoms. The van der Waals surface area contributed by atoms with Crippen molar-refractivity contribution in [2.24, 2.45) is 4.99 Å². The lowest BCUT2D eigenvalue weighted by Crippen LogP contribution is -2.61. The van der Waals surface area contributed by atoms with Gasteiger partial charge >= 0.3 is 0 Å². The molecular weight excluding hydrogens is 386 g/mol. The maximum atomic E-state index is 12.3. The molecule has 156 valence electrons. The molecule has 1 N–H and O–H groups in total. The first kappa shape index (κ1) is 19.4. The summed E-state index contributed by atoms with van der Waals surface area (Å²) in [5.74, 6) is 0.481. The van der Waals surface area contributed by atoms with Crippen LogP contribution in [0.5, 0.6) is 5.75 Å². The molecule has 0 bridgehead atoms. The zero-order chi connectivity index (χ0) is 22.0. The molecule has 0 aliphatic carbocycles. The first-order valence-corrected chi connectivity index (χ1v) is 10.4. The van der Waals surface area contributed by atoms with Crippen LogP contribution in [0.3, 0.4) is 0 Å². The maximum absolute atomic E-state index is 12.3. The van der Waals surface area contributed by atoms with E-state index in [4.69, 9.17) is 9.73 Å². The van der Waals surface area contributed by atoms with E-state index in [0.717, 1.165) is 22.1 Å². The van der Waals surface area contributed by atoms with Gasteiger partial charge in [-0.1, -0.05) is 43.0 Å². The number of amides is 1. The number of ether oxygens (including phenoxy) is 1. The molecule has 3 aromatic carbocycles. The van der Waals surface area contributed by atoms with Crippen molar-refractivity contribution < 1.29 is 9.53 Å². The van der Waals surface area contributed by atoms with Gasteiger partial charge in [-0.15, -0.1) is 0 Å².